The highest BCUT2D eigenvalue weighted by Crippen LogP contribution is 2.32. The van der Waals surface area contributed by atoms with Gasteiger partial charge in [0.2, 0.25) is 0 Å². The molecule has 0 radical (unpaired) electrons. The van der Waals surface area contributed by atoms with E-state index in [0.717, 1.165) is 12.2 Å². The van der Waals surface area contributed by atoms with Crippen LogP contribution in [0.15, 0.2) is 47.5 Å². The van der Waals surface area contributed by atoms with Crippen LogP contribution in [-0.4, -0.2) is 56.2 Å². The molecule has 1 fully saturated rings. The molecule has 0 spiro atoms. The van der Waals surface area contributed by atoms with E-state index in [1.807, 2.05) is 18.2 Å². The van der Waals surface area contributed by atoms with E-state index in [9.17, 15) is 4.79 Å². The molecule has 1 amide bonds. The molecule has 1 aliphatic heterocycles. The summed E-state index contributed by atoms with van der Waals surface area (Å²) in [5, 5.41) is 0.650. The zero-order valence-corrected chi connectivity index (χ0v) is 17.5. The number of benzene rings is 2. The van der Waals surface area contributed by atoms with E-state index in [4.69, 9.17) is 18.9 Å². The minimum Gasteiger partial charge on any atom is -0.493 e. The fourth-order valence-electron chi connectivity index (χ4n) is 2.84. The Morgan fingerprint density at radius 1 is 1.00 bits per heavy atom. The molecule has 7 nitrogen and oxygen atoms in total. The van der Waals surface area contributed by atoms with Gasteiger partial charge in [0.25, 0.3) is 5.91 Å². The van der Waals surface area contributed by atoms with E-state index < -0.39 is 0 Å². The van der Waals surface area contributed by atoms with Crippen molar-refractivity contribution >= 4 is 28.5 Å². The average Bonchev–Trinajstić information content (AvgIpc) is 2.77. The van der Waals surface area contributed by atoms with E-state index >= 15 is 0 Å². The molecule has 0 saturated carbocycles. The largest absolute Gasteiger partial charge is 0.493 e. The molecule has 2 aromatic carbocycles. The van der Waals surface area contributed by atoms with Gasteiger partial charge in [-0.2, -0.15) is 0 Å². The average molecular weight is 416 g/mol. The Labute approximate surface area is 174 Å². The summed E-state index contributed by atoms with van der Waals surface area (Å²) >= 11 is 1.55. The Morgan fingerprint density at radius 2 is 1.69 bits per heavy atom. The van der Waals surface area contributed by atoms with Crippen molar-refractivity contribution in [1.82, 2.24) is 4.90 Å². The molecular weight excluding hydrogens is 392 g/mol. The Bertz CT molecular complexity index is 887. The van der Waals surface area contributed by atoms with E-state index in [1.165, 1.54) is 0 Å². The van der Waals surface area contributed by atoms with Gasteiger partial charge >= 0.3 is 0 Å². The van der Waals surface area contributed by atoms with Gasteiger partial charge in [-0.1, -0.05) is 23.9 Å². The third-order valence-corrected chi connectivity index (χ3v) is 5.36. The summed E-state index contributed by atoms with van der Waals surface area (Å²) in [5.74, 6) is 3.10. The van der Waals surface area contributed by atoms with E-state index in [1.54, 1.807) is 62.3 Å². The number of hydrogen-bond donors (Lipinski definition) is 0. The van der Waals surface area contributed by atoms with Crippen LogP contribution < -0.4 is 18.9 Å². The monoisotopic (exact) mass is 416 g/mol. The molecule has 0 atom stereocenters. The van der Waals surface area contributed by atoms with Gasteiger partial charge < -0.3 is 18.9 Å². The molecule has 0 N–H and O–H groups in total. The molecular formula is C21H24N2O5S. The lowest BCUT2D eigenvalue weighted by Crippen LogP contribution is -2.41. The number of thioether (sulfide) groups is 1. The quantitative estimate of drug-likeness (QED) is 0.685. The Kier molecular flexibility index (Phi) is 7.24. The maximum absolute atomic E-state index is 12.8. The number of para-hydroxylation sites is 2. The summed E-state index contributed by atoms with van der Waals surface area (Å²) in [6, 6.07) is 12.7. The summed E-state index contributed by atoms with van der Waals surface area (Å²) < 4.78 is 21.6. The Hall–Kier alpha value is -2.87. The minimum atomic E-state index is -0.151. The van der Waals surface area contributed by atoms with Gasteiger partial charge in [0.05, 0.1) is 27.0 Å². The number of aliphatic imine (C=N–C) groups is 1. The predicted molar refractivity (Wildman–Crippen MR) is 114 cm³/mol. The molecule has 8 heteroatoms. The first kappa shape index (κ1) is 20.9. The van der Waals surface area contributed by atoms with Crippen LogP contribution in [0, 0.1) is 0 Å². The van der Waals surface area contributed by atoms with Crippen LogP contribution in [-0.2, 0) is 4.79 Å². The normalized spacial score (nSPS) is 15.1. The third kappa shape index (κ3) is 5.14. The highest BCUT2D eigenvalue weighted by atomic mass is 32.2. The molecule has 0 unspecified atom stereocenters. The second kappa shape index (κ2) is 10.1. The molecule has 0 aromatic heterocycles. The molecule has 2 aromatic rings. The van der Waals surface area contributed by atoms with Crippen molar-refractivity contribution in [3.05, 3.63) is 42.5 Å². The lowest BCUT2D eigenvalue weighted by atomic mass is 10.3. The standard InChI is InChI=1S/C21H24N2O5S/c1-25-16-7-4-5-8-18(16)28-14-20(24)23-11-6-12-29-21(23)22-15-9-10-17(26-2)19(13-15)27-3/h4-5,7-10,13H,6,11-12,14H2,1-3H3. The number of ether oxygens (including phenoxy) is 4. The zero-order valence-electron chi connectivity index (χ0n) is 16.7. The summed E-state index contributed by atoms with van der Waals surface area (Å²) in [4.78, 5) is 19.1. The van der Waals surface area contributed by atoms with Crippen molar-refractivity contribution in [2.24, 2.45) is 4.99 Å². The summed E-state index contributed by atoms with van der Waals surface area (Å²) in [5.41, 5.74) is 0.690. The molecule has 3 rings (SSSR count). The summed E-state index contributed by atoms with van der Waals surface area (Å²) in [6.45, 7) is 0.513. The van der Waals surface area contributed by atoms with Crippen molar-refractivity contribution in [3.8, 4) is 23.0 Å². The smallest absolute Gasteiger partial charge is 0.266 e. The van der Waals surface area contributed by atoms with Crippen molar-refractivity contribution < 1.29 is 23.7 Å². The Balaban J connectivity index is 1.75. The first-order valence-corrected chi connectivity index (χ1v) is 10.1. The number of hydrogen-bond acceptors (Lipinski definition) is 7. The third-order valence-electron chi connectivity index (χ3n) is 4.30. The van der Waals surface area contributed by atoms with Crippen LogP contribution in [0.2, 0.25) is 0 Å². The van der Waals surface area contributed by atoms with Gasteiger partial charge in [0, 0.05) is 18.4 Å². The fourth-order valence-corrected chi connectivity index (χ4v) is 3.82. The van der Waals surface area contributed by atoms with Gasteiger partial charge in [-0.15, -0.1) is 0 Å². The van der Waals surface area contributed by atoms with E-state index in [2.05, 4.69) is 4.99 Å². The van der Waals surface area contributed by atoms with Crippen molar-refractivity contribution in [1.29, 1.82) is 0 Å². The summed E-state index contributed by atoms with van der Waals surface area (Å²) in [7, 11) is 4.73. The van der Waals surface area contributed by atoms with E-state index in [-0.39, 0.29) is 12.5 Å². The molecule has 0 bridgehead atoms. The first-order chi connectivity index (χ1) is 14.2. The fraction of sp³-hybridized carbons (Fsp3) is 0.333. The van der Waals surface area contributed by atoms with Crippen LogP contribution in [0.25, 0.3) is 0 Å². The lowest BCUT2D eigenvalue weighted by molar-refractivity contribution is -0.129. The SMILES string of the molecule is COc1ccc(N=C2SCCCN2C(=O)COc2ccccc2OC)cc1OC. The van der Waals surface area contributed by atoms with Crippen LogP contribution in [0.4, 0.5) is 5.69 Å². The predicted octanol–water partition coefficient (Wildman–Crippen LogP) is 3.74. The van der Waals surface area contributed by atoms with Crippen LogP contribution in [0.5, 0.6) is 23.0 Å². The molecule has 0 aliphatic carbocycles. The number of rotatable bonds is 7. The van der Waals surface area contributed by atoms with Gasteiger partial charge in [-0.3, -0.25) is 9.69 Å². The number of amides is 1. The molecule has 154 valence electrons. The Morgan fingerprint density at radius 3 is 2.41 bits per heavy atom. The van der Waals surface area contributed by atoms with Crippen molar-refractivity contribution in [2.75, 3.05) is 40.2 Å². The number of carbonyl (C=O) groups is 1. The van der Waals surface area contributed by atoms with Gasteiger partial charge in [0.15, 0.2) is 34.8 Å². The van der Waals surface area contributed by atoms with Crippen LogP contribution >= 0.6 is 11.8 Å². The van der Waals surface area contributed by atoms with Crippen molar-refractivity contribution in [3.63, 3.8) is 0 Å². The highest BCUT2D eigenvalue weighted by Gasteiger charge is 2.24. The lowest BCUT2D eigenvalue weighted by Gasteiger charge is -2.27. The maximum Gasteiger partial charge on any atom is 0.266 e. The topological polar surface area (TPSA) is 69.6 Å². The second-order valence-electron chi connectivity index (χ2n) is 6.12. The molecule has 29 heavy (non-hydrogen) atoms. The van der Waals surface area contributed by atoms with Gasteiger partial charge in [0.1, 0.15) is 0 Å². The van der Waals surface area contributed by atoms with Gasteiger partial charge in [-0.25, -0.2) is 4.99 Å². The molecule has 1 saturated heterocycles. The number of methoxy groups -OCH3 is 3. The zero-order chi connectivity index (χ0) is 20.6. The molecule has 1 heterocycles. The summed E-state index contributed by atoms with van der Waals surface area (Å²) in [6.07, 6.45) is 0.899. The highest BCUT2D eigenvalue weighted by molar-refractivity contribution is 8.13. The van der Waals surface area contributed by atoms with Gasteiger partial charge in [-0.05, 0) is 30.7 Å². The number of carbonyl (C=O) groups excluding carboxylic acids is 1. The molecule has 1 aliphatic rings. The van der Waals surface area contributed by atoms with Crippen LogP contribution in [0.1, 0.15) is 6.42 Å². The first-order valence-electron chi connectivity index (χ1n) is 9.16. The second-order valence-corrected chi connectivity index (χ2v) is 7.18. The maximum atomic E-state index is 12.8. The minimum absolute atomic E-state index is 0.0914. The number of amidine groups is 1. The number of nitrogens with zero attached hydrogens (tertiary/aromatic N) is 2. The van der Waals surface area contributed by atoms with Crippen molar-refractivity contribution in [2.45, 2.75) is 6.42 Å². The van der Waals surface area contributed by atoms with E-state index in [0.29, 0.717) is 40.4 Å². The van der Waals surface area contributed by atoms with Crippen LogP contribution in [0.3, 0.4) is 0 Å².